The molecule has 3 aromatic rings. The number of fused-ring (bicyclic) bond motifs is 3. The van der Waals surface area contributed by atoms with Gasteiger partial charge in [-0.1, -0.05) is 31.1 Å². The summed E-state index contributed by atoms with van der Waals surface area (Å²) >= 11 is 0. The molecule has 4 amide bonds. The Bertz CT molecular complexity index is 2070. The molecule has 2 aromatic heterocycles. The minimum atomic E-state index is -3.91. The van der Waals surface area contributed by atoms with Gasteiger partial charge in [-0.25, -0.2) is 22.8 Å². The van der Waals surface area contributed by atoms with Crippen LogP contribution < -0.4 is 20.1 Å². The van der Waals surface area contributed by atoms with Gasteiger partial charge in [0.15, 0.2) is 5.82 Å². The molecule has 4 N–H and O–H groups in total. The third-order valence-corrected chi connectivity index (χ3v) is 12.0. The van der Waals surface area contributed by atoms with E-state index in [1.165, 1.54) is 17.0 Å². The van der Waals surface area contributed by atoms with Crippen molar-refractivity contribution in [2.45, 2.75) is 101 Å². The zero-order chi connectivity index (χ0) is 36.8. The summed E-state index contributed by atoms with van der Waals surface area (Å²) in [5.74, 6) is -3.60. The number of benzene rings is 1. The lowest BCUT2D eigenvalue weighted by Gasteiger charge is -2.29. The highest BCUT2D eigenvalue weighted by atomic mass is 32.2. The van der Waals surface area contributed by atoms with Gasteiger partial charge in [-0.3, -0.25) is 29.0 Å². The molecular formula is C35H41FN8O7S. The van der Waals surface area contributed by atoms with Crippen LogP contribution in [0.15, 0.2) is 36.4 Å². The van der Waals surface area contributed by atoms with E-state index < -0.39 is 74.4 Å². The zero-order valence-corrected chi connectivity index (χ0v) is 29.7. The number of allylic oxidation sites excluding steroid dienone is 1. The standard InChI is InChI=1S/C35H41FN8O7S/c1-19-15-27(42-41-19)30(45)38-26-11-7-5-3-4-6-9-21-17-35(21,34(48)43-52(49,50)23-13-14-23)40-31(46)28-16-22(18-44(28)33(26)47)51-32-20(2)37-25-12-8-10-24(36)29(25)39-32/h6,8-10,12,15,21-23,26,28H,3-5,7,11,13-14,16-18H2,1-2H3,(H,38,45)(H,40,46)(H,41,42)(H,43,48)/t21-,22-,26+,28+,35-/m1/s1. The summed E-state index contributed by atoms with van der Waals surface area (Å²) in [6.45, 7) is 3.30. The van der Waals surface area contributed by atoms with Gasteiger partial charge in [-0.15, -0.1) is 0 Å². The van der Waals surface area contributed by atoms with E-state index in [1.54, 1.807) is 26.0 Å². The van der Waals surface area contributed by atoms with Crippen molar-refractivity contribution in [1.29, 1.82) is 0 Å². The Morgan fingerprint density at radius 2 is 1.90 bits per heavy atom. The van der Waals surface area contributed by atoms with Crippen molar-refractivity contribution in [2.24, 2.45) is 5.92 Å². The van der Waals surface area contributed by atoms with Crippen molar-refractivity contribution in [3.05, 3.63) is 59.3 Å². The molecule has 0 unspecified atom stereocenters. The Labute approximate surface area is 299 Å². The van der Waals surface area contributed by atoms with Crippen LogP contribution in [0.2, 0.25) is 0 Å². The van der Waals surface area contributed by atoms with E-state index in [9.17, 15) is 32.0 Å². The number of carbonyl (C=O) groups is 4. The van der Waals surface area contributed by atoms with E-state index in [2.05, 4.69) is 35.5 Å². The Balaban J connectivity index is 1.20. The molecule has 15 nitrogen and oxygen atoms in total. The number of para-hydroxylation sites is 1. The van der Waals surface area contributed by atoms with Crippen molar-refractivity contribution in [1.82, 2.24) is 40.4 Å². The first kappa shape index (κ1) is 35.5. The highest BCUT2D eigenvalue weighted by Crippen LogP contribution is 2.46. The van der Waals surface area contributed by atoms with Crippen molar-refractivity contribution < 1.29 is 36.7 Å². The highest BCUT2D eigenvalue weighted by Gasteiger charge is 2.62. The third-order valence-electron chi connectivity index (χ3n) is 10.1. The molecule has 0 spiro atoms. The monoisotopic (exact) mass is 736 g/mol. The van der Waals surface area contributed by atoms with Crippen molar-refractivity contribution in [2.75, 3.05) is 6.54 Å². The first-order valence-electron chi connectivity index (χ1n) is 17.6. The fourth-order valence-corrected chi connectivity index (χ4v) is 8.36. The number of sulfonamides is 1. The second-order valence-corrected chi connectivity index (χ2v) is 16.1. The topological polar surface area (TPSA) is 205 Å². The van der Waals surface area contributed by atoms with Gasteiger partial charge in [0.05, 0.1) is 17.3 Å². The fraction of sp³-hybridized carbons (Fsp3) is 0.514. The number of nitrogens with zero attached hydrogens (tertiary/aromatic N) is 4. The Morgan fingerprint density at radius 3 is 2.65 bits per heavy atom. The van der Waals surface area contributed by atoms with Crippen LogP contribution in [-0.4, -0.2) is 92.6 Å². The molecular weight excluding hydrogens is 695 g/mol. The van der Waals surface area contributed by atoms with Crippen molar-refractivity contribution in [3.63, 3.8) is 0 Å². The molecule has 7 rings (SSSR count). The summed E-state index contributed by atoms with van der Waals surface area (Å²) in [6.07, 6.45) is 7.08. The maximum Gasteiger partial charge on any atom is 0.272 e. The van der Waals surface area contributed by atoms with Crippen LogP contribution in [-0.2, 0) is 24.4 Å². The maximum atomic E-state index is 14.7. The van der Waals surface area contributed by atoms with E-state index in [0.29, 0.717) is 42.6 Å². The molecule has 1 aromatic carbocycles. The fourth-order valence-electron chi connectivity index (χ4n) is 7.00. The van der Waals surface area contributed by atoms with Gasteiger partial charge < -0.3 is 20.3 Å². The number of hydrogen-bond donors (Lipinski definition) is 4. The molecule has 1 saturated heterocycles. The van der Waals surface area contributed by atoms with Gasteiger partial charge in [-0.05, 0) is 70.6 Å². The summed E-state index contributed by atoms with van der Waals surface area (Å²) in [4.78, 5) is 65.7. The molecule has 276 valence electrons. The number of aromatic amines is 1. The van der Waals surface area contributed by atoms with Crippen LogP contribution in [0.4, 0.5) is 4.39 Å². The minimum Gasteiger partial charge on any atom is -0.471 e. The van der Waals surface area contributed by atoms with Gasteiger partial charge in [0.1, 0.15) is 40.6 Å². The Hall–Kier alpha value is -4.93. The van der Waals surface area contributed by atoms with Gasteiger partial charge in [0, 0.05) is 18.0 Å². The van der Waals surface area contributed by atoms with Gasteiger partial charge >= 0.3 is 0 Å². The molecule has 5 atom stereocenters. The number of ether oxygens (including phenoxy) is 1. The second-order valence-electron chi connectivity index (χ2n) is 14.2. The number of amides is 4. The summed E-state index contributed by atoms with van der Waals surface area (Å²) in [6, 6.07) is 3.77. The van der Waals surface area contributed by atoms with Crippen LogP contribution in [0.25, 0.3) is 11.0 Å². The van der Waals surface area contributed by atoms with Gasteiger partial charge in [0.25, 0.3) is 11.8 Å². The number of aromatic nitrogens is 4. The van der Waals surface area contributed by atoms with Crippen LogP contribution >= 0.6 is 0 Å². The first-order chi connectivity index (χ1) is 24.8. The van der Waals surface area contributed by atoms with Gasteiger partial charge in [0.2, 0.25) is 27.7 Å². The SMILES string of the molecule is Cc1cc(C(=O)N[C@H]2CCCCCC=C[C@@H]3C[C@@]3(C(=O)NS(=O)(=O)C3CC3)NC(=O)[C@@H]3C[C@@H](Oc4nc5c(F)cccc5nc4C)CN3C2=O)n[nH]1. The first-order valence-corrected chi connectivity index (χ1v) is 19.2. The quantitative estimate of drug-likeness (QED) is 0.261. The average molecular weight is 737 g/mol. The lowest BCUT2D eigenvalue weighted by atomic mass is 10.0. The summed E-state index contributed by atoms with van der Waals surface area (Å²) in [5, 5.41) is 11.7. The number of nitrogens with one attached hydrogen (secondary N) is 4. The van der Waals surface area contributed by atoms with E-state index in [-0.39, 0.29) is 42.9 Å². The number of carbonyl (C=O) groups excluding carboxylic acids is 4. The van der Waals surface area contributed by atoms with Crippen molar-refractivity contribution >= 4 is 44.7 Å². The summed E-state index contributed by atoms with van der Waals surface area (Å²) in [7, 11) is -3.91. The lowest BCUT2D eigenvalue weighted by molar-refractivity contribution is -0.141. The molecule has 4 aliphatic rings. The molecule has 2 aliphatic carbocycles. The second kappa shape index (κ2) is 13.9. The zero-order valence-electron chi connectivity index (χ0n) is 28.9. The summed E-state index contributed by atoms with van der Waals surface area (Å²) < 4.78 is 48.6. The smallest absolute Gasteiger partial charge is 0.272 e. The lowest BCUT2D eigenvalue weighted by Crippen LogP contribution is -2.58. The molecule has 52 heavy (non-hydrogen) atoms. The van der Waals surface area contributed by atoms with Crippen LogP contribution in [0.1, 0.15) is 79.7 Å². The molecule has 2 aliphatic heterocycles. The number of rotatable bonds is 7. The van der Waals surface area contributed by atoms with E-state index in [0.717, 1.165) is 12.8 Å². The van der Waals surface area contributed by atoms with E-state index in [4.69, 9.17) is 4.74 Å². The molecule has 0 bridgehead atoms. The average Bonchev–Trinajstić information content (AvgIpc) is 3.99. The third kappa shape index (κ3) is 7.22. The maximum absolute atomic E-state index is 14.7. The predicted octanol–water partition coefficient (Wildman–Crippen LogP) is 2.26. The van der Waals surface area contributed by atoms with Crippen LogP contribution in [0.3, 0.4) is 0 Å². The van der Waals surface area contributed by atoms with Crippen molar-refractivity contribution in [3.8, 4) is 5.88 Å². The normalized spacial score (nSPS) is 26.8. The molecule has 3 fully saturated rings. The number of aryl methyl sites for hydroxylation is 2. The predicted molar refractivity (Wildman–Crippen MR) is 185 cm³/mol. The molecule has 4 heterocycles. The summed E-state index contributed by atoms with van der Waals surface area (Å²) in [5.41, 5.74) is -0.0523. The number of halogens is 1. The largest absolute Gasteiger partial charge is 0.471 e. The Morgan fingerprint density at radius 1 is 1.10 bits per heavy atom. The Kier molecular flexibility index (Phi) is 9.48. The highest BCUT2D eigenvalue weighted by molar-refractivity contribution is 7.91. The number of H-pyrrole nitrogens is 1. The van der Waals surface area contributed by atoms with Crippen LogP contribution in [0.5, 0.6) is 5.88 Å². The minimum absolute atomic E-state index is 0.00285. The van der Waals surface area contributed by atoms with E-state index in [1.807, 2.05) is 12.2 Å². The molecule has 0 radical (unpaired) electrons. The van der Waals surface area contributed by atoms with Crippen LogP contribution in [0, 0.1) is 25.6 Å². The van der Waals surface area contributed by atoms with Gasteiger partial charge in [-0.2, -0.15) is 5.10 Å². The molecule has 17 heteroatoms. The molecule has 2 saturated carbocycles. The van der Waals surface area contributed by atoms with E-state index >= 15 is 0 Å². The number of hydrogen-bond acceptors (Lipinski definition) is 10.